The number of nitrogens with one attached hydrogen (secondary N) is 1. The predicted octanol–water partition coefficient (Wildman–Crippen LogP) is 5.82. The fourth-order valence-electron chi connectivity index (χ4n) is 5.32. The average Bonchev–Trinajstić information content (AvgIpc) is 3.55. The van der Waals surface area contributed by atoms with Crippen LogP contribution in [0.15, 0.2) is 24.5 Å². The molecule has 1 N–H and O–H groups in total. The van der Waals surface area contributed by atoms with Gasteiger partial charge < -0.3 is 15.0 Å². The second kappa shape index (κ2) is 13.3. The minimum Gasteiger partial charge on any atom is -0.465 e. The summed E-state index contributed by atoms with van der Waals surface area (Å²) in [5.41, 5.74) is -0.283. The minimum absolute atomic E-state index is 0.0540. The molecule has 0 bridgehead atoms. The maximum atomic E-state index is 15.7. The number of aromatic nitrogens is 3. The average molecular weight is 642 g/mol. The molecule has 2 aromatic heterocycles. The number of carbonyl (C=O) groups is 1. The number of esters is 1. The number of rotatable bonds is 9. The van der Waals surface area contributed by atoms with Crippen molar-refractivity contribution < 1.29 is 27.1 Å². The topological polar surface area (TPSA) is 86.7 Å². The first-order valence-electron chi connectivity index (χ1n) is 14.0. The van der Waals surface area contributed by atoms with Gasteiger partial charge in [-0.25, -0.2) is 15.0 Å². The number of carbonyl (C=O) groups excluding carboxylic acids is 1. The summed E-state index contributed by atoms with van der Waals surface area (Å²) in [5, 5.41) is 3.17. The molecule has 2 aliphatic rings. The molecule has 4 heterocycles. The van der Waals surface area contributed by atoms with E-state index in [1.165, 1.54) is 23.7 Å². The largest absolute Gasteiger partial charge is 0.465 e. The van der Waals surface area contributed by atoms with E-state index in [4.69, 9.17) is 16.3 Å². The summed E-state index contributed by atoms with van der Waals surface area (Å²) in [6, 6.07) is 3.69. The van der Waals surface area contributed by atoms with Crippen molar-refractivity contribution in [3.63, 3.8) is 0 Å². The van der Waals surface area contributed by atoms with Crippen LogP contribution < -0.4 is 10.2 Å². The van der Waals surface area contributed by atoms with E-state index in [1.54, 1.807) is 11.8 Å². The van der Waals surface area contributed by atoms with Crippen molar-refractivity contribution in [3.05, 3.63) is 45.8 Å². The van der Waals surface area contributed by atoms with E-state index in [2.05, 4.69) is 32.1 Å². The van der Waals surface area contributed by atoms with Gasteiger partial charge in [0, 0.05) is 54.2 Å². The molecule has 0 amide bonds. The van der Waals surface area contributed by atoms with Gasteiger partial charge in [0.1, 0.15) is 6.33 Å². The molecular weight excluding hydrogens is 610 g/mol. The predicted molar refractivity (Wildman–Crippen MR) is 157 cm³/mol. The highest BCUT2D eigenvalue weighted by Crippen LogP contribution is 2.39. The van der Waals surface area contributed by atoms with Crippen LogP contribution in [0.3, 0.4) is 0 Å². The number of alkyl halides is 3. The molecule has 0 unspecified atom stereocenters. The molecule has 3 aromatic rings. The maximum Gasteiger partial charge on any atom is 0.416 e. The van der Waals surface area contributed by atoms with Gasteiger partial charge in [-0.05, 0) is 51.4 Å². The third kappa shape index (κ3) is 7.54. The Balaban J connectivity index is 1.39. The van der Waals surface area contributed by atoms with Gasteiger partial charge in [-0.2, -0.15) is 17.6 Å². The van der Waals surface area contributed by atoms with Crippen molar-refractivity contribution in [2.24, 2.45) is 0 Å². The van der Waals surface area contributed by atoms with E-state index in [9.17, 15) is 18.0 Å². The van der Waals surface area contributed by atoms with Crippen LogP contribution in [0, 0.1) is 5.82 Å². The summed E-state index contributed by atoms with van der Waals surface area (Å²) < 4.78 is 61.5. The van der Waals surface area contributed by atoms with Gasteiger partial charge in [0.15, 0.2) is 16.8 Å². The van der Waals surface area contributed by atoms with Crippen molar-refractivity contribution >= 4 is 45.7 Å². The number of halogens is 5. The zero-order valence-corrected chi connectivity index (χ0v) is 25.3. The second-order valence-corrected chi connectivity index (χ2v) is 12.1. The van der Waals surface area contributed by atoms with Gasteiger partial charge in [-0.3, -0.25) is 14.6 Å². The van der Waals surface area contributed by atoms with Gasteiger partial charge in [-0.1, -0.05) is 22.9 Å². The first-order valence-corrected chi connectivity index (χ1v) is 15.2. The molecule has 5 rings (SSSR count). The van der Waals surface area contributed by atoms with E-state index in [-0.39, 0.29) is 39.9 Å². The number of hydrogen-bond donors (Lipinski definition) is 1. The van der Waals surface area contributed by atoms with Crippen LogP contribution in [0.2, 0.25) is 5.02 Å². The van der Waals surface area contributed by atoms with Gasteiger partial charge >= 0.3 is 12.1 Å². The lowest BCUT2D eigenvalue weighted by Crippen LogP contribution is -2.48. The lowest BCUT2D eigenvalue weighted by atomic mass is 10.1. The van der Waals surface area contributed by atoms with E-state index in [0.29, 0.717) is 51.1 Å². The number of hydrogen-bond acceptors (Lipinski definition) is 10. The number of nitrogens with zero attached hydrogens (tertiary/aromatic N) is 6. The molecule has 9 nitrogen and oxygen atoms in total. The minimum atomic E-state index is -4.58. The summed E-state index contributed by atoms with van der Waals surface area (Å²) >= 11 is 7.34. The molecule has 2 saturated heterocycles. The standard InChI is InChI=1S/C28H32ClF4N7O2S/c1-3-42-22(41)15-38-7-9-39(10-8-38)26-23(30)25(34-16-35-26)37-27-36-24(21(43-27)14-40-6-4-5-17(40)2)18-11-19(28(31,32)33)13-20(29)12-18/h11-13,16-17H,3-10,14-15H2,1-2H3,(H,34,35,36,37)/t17-/m1/s1. The third-order valence-corrected chi connectivity index (χ3v) is 8.73. The Bertz CT molecular complexity index is 1450. The number of thiazole rings is 1. The first kappa shape index (κ1) is 31.4. The summed E-state index contributed by atoms with van der Waals surface area (Å²) in [7, 11) is 0. The molecule has 15 heteroatoms. The summed E-state index contributed by atoms with van der Waals surface area (Å²) in [4.78, 5) is 31.4. The van der Waals surface area contributed by atoms with E-state index < -0.39 is 17.6 Å². The third-order valence-electron chi connectivity index (χ3n) is 7.56. The molecule has 232 valence electrons. The van der Waals surface area contributed by atoms with Gasteiger partial charge in [0.25, 0.3) is 0 Å². The fourth-order valence-corrected chi connectivity index (χ4v) is 6.56. The normalized spacial score (nSPS) is 18.3. The van der Waals surface area contributed by atoms with Crippen molar-refractivity contribution in [1.82, 2.24) is 24.8 Å². The lowest BCUT2D eigenvalue weighted by molar-refractivity contribution is -0.144. The molecule has 0 saturated carbocycles. The van der Waals surface area contributed by atoms with Gasteiger partial charge in [0.05, 0.1) is 24.4 Å². The van der Waals surface area contributed by atoms with Crippen molar-refractivity contribution in [2.45, 2.75) is 45.5 Å². The zero-order valence-electron chi connectivity index (χ0n) is 23.8. The number of ether oxygens (including phenoxy) is 1. The quantitative estimate of drug-likeness (QED) is 0.229. The van der Waals surface area contributed by atoms with Crippen molar-refractivity contribution in [1.29, 1.82) is 0 Å². The highest BCUT2D eigenvalue weighted by Gasteiger charge is 2.32. The Morgan fingerprint density at radius 3 is 2.60 bits per heavy atom. The molecular formula is C28H32ClF4N7O2S. The number of likely N-dealkylation sites (tertiary alicyclic amines) is 1. The van der Waals surface area contributed by atoms with Crippen LogP contribution in [0.5, 0.6) is 0 Å². The smallest absolute Gasteiger partial charge is 0.416 e. The Kier molecular flexibility index (Phi) is 9.69. The van der Waals surface area contributed by atoms with Crippen LogP contribution in [0.1, 0.15) is 37.1 Å². The Morgan fingerprint density at radius 2 is 1.93 bits per heavy atom. The van der Waals surface area contributed by atoms with E-state index in [0.717, 1.165) is 36.4 Å². The summed E-state index contributed by atoms with van der Waals surface area (Å²) in [6.45, 7) is 7.64. The molecule has 1 atom stereocenters. The number of anilines is 3. The molecule has 1 aromatic carbocycles. The highest BCUT2D eigenvalue weighted by atomic mass is 35.5. The SMILES string of the molecule is CCOC(=O)CN1CCN(c2ncnc(Nc3nc(-c4cc(Cl)cc(C(F)(F)F)c4)c(CN4CCC[C@H]4C)s3)c2F)CC1. The first-order chi connectivity index (χ1) is 20.5. The van der Waals surface area contributed by atoms with E-state index >= 15 is 4.39 Å². The summed E-state index contributed by atoms with van der Waals surface area (Å²) in [6.07, 6.45) is -1.27. The van der Waals surface area contributed by atoms with Crippen LogP contribution >= 0.6 is 22.9 Å². The highest BCUT2D eigenvalue weighted by molar-refractivity contribution is 7.16. The van der Waals surface area contributed by atoms with Gasteiger partial charge in [0.2, 0.25) is 5.82 Å². The zero-order chi connectivity index (χ0) is 30.7. The Labute approximate surface area is 255 Å². The summed E-state index contributed by atoms with van der Waals surface area (Å²) in [5.74, 6) is -0.956. The van der Waals surface area contributed by atoms with Crippen LogP contribution in [-0.2, 0) is 22.3 Å². The maximum absolute atomic E-state index is 15.7. The van der Waals surface area contributed by atoms with Crippen LogP contribution in [0.25, 0.3) is 11.3 Å². The Morgan fingerprint density at radius 1 is 1.16 bits per heavy atom. The van der Waals surface area contributed by atoms with Crippen LogP contribution in [0.4, 0.5) is 34.3 Å². The molecule has 43 heavy (non-hydrogen) atoms. The molecule has 2 aliphatic heterocycles. The van der Waals surface area contributed by atoms with Gasteiger partial charge in [-0.15, -0.1) is 0 Å². The second-order valence-electron chi connectivity index (χ2n) is 10.5. The van der Waals surface area contributed by atoms with Crippen molar-refractivity contribution in [2.75, 3.05) is 56.1 Å². The van der Waals surface area contributed by atoms with Crippen molar-refractivity contribution in [3.8, 4) is 11.3 Å². The fraction of sp³-hybridized carbons (Fsp3) is 0.500. The molecule has 0 aliphatic carbocycles. The monoisotopic (exact) mass is 641 g/mol. The molecule has 0 radical (unpaired) electrons. The Hall–Kier alpha value is -3.07. The number of piperazine rings is 1. The lowest BCUT2D eigenvalue weighted by Gasteiger charge is -2.34. The molecule has 0 spiro atoms. The molecule has 2 fully saturated rings. The number of benzene rings is 1. The van der Waals surface area contributed by atoms with Crippen LogP contribution in [-0.4, -0.2) is 82.6 Å². The van der Waals surface area contributed by atoms with E-state index in [1.807, 2.05) is 4.90 Å².